The zero-order valence-corrected chi connectivity index (χ0v) is 16.0. The zero-order chi connectivity index (χ0) is 18.3. The molecule has 1 aliphatic heterocycles. The summed E-state index contributed by atoms with van der Waals surface area (Å²) in [6.45, 7) is 6.53. The van der Waals surface area contributed by atoms with Crippen LogP contribution in [0.5, 0.6) is 0 Å². The Morgan fingerprint density at radius 1 is 1.16 bits per heavy atom. The minimum atomic E-state index is -3.83. The van der Waals surface area contributed by atoms with Crippen molar-refractivity contribution in [3.05, 3.63) is 29.8 Å². The maximum Gasteiger partial charge on any atom is 0.297 e. The number of hydrogen-bond acceptors (Lipinski definition) is 6. The average Bonchev–Trinajstić information content (AvgIpc) is 2.58. The predicted octanol–water partition coefficient (Wildman–Crippen LogP) is 3.04. The van der Waals surface area contributed by atoms with Gasteiger partial charge in [0.05, 0.1) is 24.2 Å². The summed E-state index contributed by atoms with van der Waals surface area (Å²) in [4.78, 5) is 0.135. The predicted molar refractivity (Wildman–Crippen MR) is 93.9 cm³/mol. The van der Waals surface area contributed by atoms with Gasteiger partial charge >= 0.3 is 0 Å². The van der Waals surface area contributed by atoms with Gasteiger partial charge < -0.3 is 14.2 Å². The van der Waals surface area contributed by atoms with Crippen molar-refractivity contribution < 1.29 is 26.8 Å². The van der Waals surface area contributed by atoms with Gasteiger partial charge in [0.15, 0.2) is 6.29 Å². The highest BCUT2D eigenvalue weighted by molar-refractivity contribution is 7.86. The van der Waals surface area contributed by atoms with Crippen LogP contribution in [0.4, 0.5) is 0 Å². The molecule has 1 aromatic rings. The molecule has 2 atom stereocenters. The van der Waals surface area contributed by atoms with E-state index in [9.17, 15) is 8.42 Å². The summed E-state index contributed by atoms with van der Waals surface area (Å²) in [7, 11) is -3.83. The van der Waals surface area contributed by atoms with Crippen LogP contribution in [0.3, 0.4) is 0 Å². The second kappa shape index (κ2) is 9.64. The number of benzene rings is 1. The Balaban J connectivity index is 1.95. The molecular formula is C18H28O6S. The largest absolute Gasteiger partial charge is 0.376 e. The van der Waals surface area contributed by atoms with Crippen molar-refractivity contribution in [3.8, 4) is 0 Å². The lowest BCUT2D eigenvalue weighted by atomic mass is 10.2. The van der Waals surface area contributed by atoms with Crippen LogP contribution in [0, 0.1) is 6.92 Å². The topological polar surface area (TPSA) is 71.1 Å². The summed E-state index contributed by atoms with van der Waals surface area (Å²) < 4.78 is 46.9. The van der Waals surface area contributed by atoms with Crippen molar-refractivity contribution in [2.24, 2.45) is 0 Å². The van der Waals surface area contributed by atoms with E-state index in [1.807, 2.05) is 20.8 Å². The molecule has 0 amide bonds. The fourth-order valence-electron chi connectivity index (χ4n) is 2.40. The molecule has 0 aromatic heterocycles. The molecule has 2 rings (SSSR count). The van der Waals surface area contributed by atoms with Crippen molar-refractivity contribution in [3.63, 3.8) is 0 Å². The summed E-state index contributed by atoms with van der Waals surface area (Å²) in [5, 5.41) is 0. The van der Waals surface area contributed by atoms with Gasteiger partial charge in [0.2, 0.25) is 0 Å². The van der Waals surface area contributed by atoms with E-state index < -0.39 is 16.2 Å². The number of ether oxygens (including phenoxy) is 3. The standard InChI is InChI=1S/C18H28O6S/c1-14(2)22-12-16(24-18-6-4-5-11-21-18)13-23-25(19,20)17-9-7-15(3)8-10-17/h7-10,14,16,18H,4-6,11-13H2,1-3H3. The Bertz CT molecular complexity index is 605. The molecule has 142 valence electrons. The molecule has 7 heteroatoms. The molecule has 25 heavy (non-hydrogen) atoms. The summed E-state index contributed by atoms with van der Waals surface area (Å²) in [5.41, 5.74) is 0.986. The van der Waals surface area contributed by atoms with Crippen LogP contribution in [0.1, 0.15) is 38.7 Å². The van der Waals surface area contributed by atoms with Crippen LogP contribution in [0.25, 0.3) is 0 Å². The summed E-state index contributed by atoms with van der Waals surface area (Å²) in [6.07, 6.45) is 2.03. The first-order chi connectivity index (χ1) is 11.9. The van der Waals surface area contributed by atoms with E-state index in [1.54, 1.807) is 12.1 Å². The Morgan fingerprint density at radius 2 is 1.88 bits per heavy atom. The fraction of sp³-hybridized carbons (Fsp3) is 0.667. The van der Waals surface area contributed by atoms with E-state index in [0.29, 0.717) is 6.61 Å². The molecule has 0 saturated carbocycles. The second-order valence-electron chi connectivity index (χ2n) is 6.49. The quantitative estimate of drug-likeness (QED) is 0.621. The maximum atomic E-state index is 12.3. The summed E-state index contributed by atoms with van der Waals surface area (Å²) >= 11 is 0. The Kier molecular flexibility index (Phi) is 7.83. The van der Waals surface area contributed by atoms with Crippen molar-refractivity contribution in [1.29, 1.82) is 0 Å². The van der Waals surface area contributed by atoms with Crippen molar-refractivity contribution >= 4 is 10.1 Å². The molecule has 1 aliphatic rings. The first-order valence-electron chi connectivity index (χ1n) is 8.71. The molecule has 1 aromatic carbocycles. The lowest BCUT2D eigenvalue weighted by Crippen LogP contribution is -2.35. The molecule has 0 N–H and O–H groups in total. The van der Waals surface area contributed by atoms with Crippen LogP contribution in [-0.2, 0) is 28.5 Å². The highest BCUT2D eigenvalue weighted by Gasteiger charge is 2.24. The number of aryl methyl sites for hydroxylation is 1. The summed E-state index contributed by atoms with van der Waals surface area (Å²) in [6, 6.07) is 6.55. The fourth-order valence-corrected chi connectivity index (χ4v) is 3.33. The summed E-state index contributed by atoms with van der Waals surface area (Å²) in [5.74, 6) is 0. The van der Waals surface area contributed by atoms with Gasteiger partial charge in [0.25, 0.3) is 10.1 Å². The third kappa shape index (κ3) is 7.03. The molecule has 1 heterocycles. The highest BCUT2D eigenvalue weighted by atomic mass is 32.2. The zero-order valence-electron chi connectivity index (χ0n) is 15.1. The van der Waals surface area contributed by atoms with Crippen molar-refractivity contribution in [1.82, 2.24) is 0 Å². The first kappa shape index (κ1) is 20.3. The number of rotatable bonds is 9. The maximum absolute atomic E-state index is 12.3. The third-order valence-corrected chi connectivity index (χ3v) is 5.11. The van der Waals surface area contributed by atoms with Crippen molar-refractivity contribution in [2.75, 3.05) is 19.8 Å². The third-order valence-electron chi connectivity index (χ3n) is 3.82. The molecule has 0 spiro atoms. The SMILES string of the molecule is Cc1ccc(S(=O)(=O)OCC(COC(C)C)OC2CCCCO2)cc1. The van der Waals surface area contributed by atoms with Crippen LogP contribution >= 0.6 is 0 Å². The van der Waals surface area contributed by atoms with E-state index in [1.165, 1.54) is 12.1 Å². The van der Waals surface area contributed by atoms with Gasteiger partial charge in [-0.25, -0.2) is 0 Å². The minimum Gasteiger partial charge on any atom is -0.376 e. The first-order valence-corrected chi connectivity index (χ1v) is 10.1. The molecule has 0 aliphatic carbocycles. The van der Waals surface area contributed by atoms with E-state index in [0.717, 1.165) is 24.8 Å². The normalized spacial score (nSPS) is 19.9. The average molecular weight is 372 g/mol. The van der Waals surface area contributed by atoms with Crippen LogP contribution in [0.15, 0.2) is 29.2 Å². The minimum absolute atomic E-state index is 0.0204. The molecule has 0 bridgehead atoms. The van der Waals surface area contributed by atoms with Gasteiger partial charge in [-0.2, -0.15) is 8.42 Å². The van der Waals surface area contributed by atoms with Gasteiger partial charge in [-0.05, 0) is 52.2 Å². The highest BCUT2D eigenvalue weighted by Crippen LogP contribution is 2.18. The van der Waals surface area contributed by atoms with Crippen LogP contribution in [-0.4, -0.2) is 46.7 Å². The van der Waals surface area contributed by atoms with Crippen LogP contribution < -0.4 is 0 Å². The lowest BCUT2D eigenvalue weighted by Gasteiger charge is -2.28. The van der Waals surface area contributed by atoms with Gasteiger partial charge in [0.1, 0.15) is 6.10 Å². The van der Waals surface area contributed by atoms with Crippen LogP contribution in [0.2, 0.25) is 0 Å². The van der Waals surface area contributed by atoms with Gasteiger partial charge in [0, 0.05) is 6.61 Å². The Hall–Kier alpha value is -0.990. The van der Waals surface area contributed by atoms with E-state index in [4.69, 9.17) is 18.4 Å². The second-order valence-corrected chi connectivity index (χ2v) is 8.10. The molecular weight excluding hydrogens is 344 g/mol. The number of hydrogen-bond donors (Lipinski definition) is 0. The van der Waals surface area contributed by atoms with Gasteiger partial charge in [-0.1, -0.05) is 17.7 Å². The molecule has 1 fully saturated rings. The lowest BCUT2D eigenvalue weighted by molar-refractivity contribution is -0.204. The monoisotopic (exact) mass is 372 g/mol. The molecule has 6 nitrogen and oxygen atoms in total. The molecule has 1 saturated heterocycles. The van der Waals surface area contributed by atoms with Gasteiger partial charge in [-0.15, -0.1) is 0 Å². The van der Waals surface area contributed by atoms with E-state index in [2.05, 4.69) is 0 Å². The Labute approximate surface area is 150 Å². The molecule has 0 radical (unpaired) electrons. The van der Waals surface area contributed by atoms with E-state index >= 15 is 0 Å². The van der Waals surface area contributed by atoms with Crippen molar-refractivity contribution in [2.45, 2.75) is 63.4 Å². The van der Waals surface area contributed by atoms with Gasteiger partial charge in [-0.3, -0.25) is 4.18 Å². The molecule has 2 unspecified atom stereocenters. The Morgan fingerprint density at radius 3 is 2.48 bits per heavy atom. The van der Waals surface area contributed by atoms with E-state index in [-0.39, 0.29) is 30.5 Å². The smallest absolute Gasteiger partial charge is 0.297 e.